The lowest BCUT2D eigenvalue weighted by atomic mass is 10.0. The third-order valence-corrected chi connectivity index (χ3v) is 7.61. The summed E-state index contributed by atoms with van der Waals surface area (Å²) in [6, 6.07) is 42.8. The molecule has 4 heteroatoms. The second-order valence-electron chi connectivity index (χ2n) is 10.1. The van der Waals surface area contributed by atoms with Crippen molar-refractivity contribution in [1.29, 1.82) is 0 Å². The van der Waals surface area contributed by atoms with Crippen LogP contribution in [-0.4, -0.2) is 10.4 Å². The largest absolute Gasteiger partial charge is 0.321 e. The molecule has 39 heavy (non-hydrogen) atoms. The molecule has 0 saturated carbocycles. The first-order valence-corrected chi connectivity index (χ1v) is 13.3. The fraction of sp³-hybridized carbons (Fsp3) is 0.114. The molecule has 6 rings (SSSR count). The van der Waals surface area contributed by atoms with Crippen LogP contribution in [0.1, 0.15) is 35.2 Å². The van der Waals surface area contributed by atoms with Crippen molar-refractivity contribution in [1.82, 2.24) is 4.57 Å². The maximum absolute atomic E-state index is 6.08. The number of rotatable bonds is 5. The normalized spacial score (nSPS) is 12.6. The molecule has 1 atom stereocenters. The number of nitrogens with two attached hydrogens (primary N) is 1. The lowest BCUT2D eigenvalue weighted by Crippen LogP contribution is -2.35. The number of nitrogens with zero attached hydrogens (tertiary/aromatic N) is 3. The van der Waals surface area contributed by atoms with Crippen molar-refractivity contribution in [3.8, 4) is 5.69 Å². The summed E-state index contributed by atoms with van der Waals surface area (Å²) in [4.78, 5) is 2.26. The third-order valence-electron chi connectivity index (χ3n) is 7.61. The average Bonchev–Trinajstić information content (AvgIpc) is 3.32. The standard InChI is InChI=1S/C35H32N4/c1-24-17-18-25(2)34(23-24)38(35(37-36)28-11-5-4-6-12-28)26(3)27-19-21-29(22-20-27)39-32-15-9-7-13-30(32)31-14-8-10-16-33(31)39/h4-23,26H,36H2,1-3H3/b37-35-. The zero-order valence-corrected chi connectivity index (χ0v) is 22.5. The molecule has 0 fully saturated rings. The van der Waals surface area contributed by atoms with E-state index in [0.29, 0.717) is 0 Å². The predicted octanol–water partition coefficient (Wildman–Crippen LogP) is 8.29. The molecule has 1 aromatic heterocycles. The number of benzene rings is 5. The highest BCUT2D eigenvalue weighted by atomic mass is 15.3. The van der Waals surface area contributed by atoms with E-state index in [9.17, 15) is 0 Å². The van der Waals surface area contributed by atoms with E-state index in [1.807, 2.05) is 18.2 Å². The summed E-state index contributed by atoms with van der Waals surface area (Å²) in [7, 11) is 0. The third kappa shape index (κ3) is 4.34. The highest BCUT2D eigenvalue weighted by Crippen LogP contribution is 2.35. The number of fused-ring (bicyclic) bond motifs is 3. The monoisotopic (exact) mass is 508 g/mol. The van der Waals surface area contributed by atoms with Crippen LogP contribution >= 0.6 is 0 Å². The van der Waals surface area contributed by atoms with Gasteiger partial charge >= 0.3 is 0 Å². The average molecular weight is 509 g/mol. The van der Waals surface area contributed by atoms with Crippen LogP contribution in [0, 0.1) is 13.8 Å². The molecule has 4 nitrogen and oxygen atoms in total. The van der Waals surface area contributed by atoms with E-state index in [0.717, 1.165) is 22.8 Å². The predicted molar refractivity (Wildman–Crippen MR) is 165 cm³/mol. The summed E-state index contributed by atoms with van der Waals surface area (Å²) < 4.78 is 2.35. The minimum absolute atomic E-state index is 0.0137. The van der Waals surface area contributed by atoms with Crippen molar-refractivity contribution in [2.45, 2.75) is 26.8 Å². The summed E-state index contributed by atoms with van der Waals surface area (Å²) in [5.74, 6) is 6.82. The van der Waals surface area contributed by atoms with Gasteiger partial charge in [-0.15, -0.1) is 0 Å². The lowest BCUT2D eigenvalue weighted by molar-refractivity contribution is 0.785. The number of anilines is 1. The molecule has 0 saturated heterocycles. The smallest absolute Gasteiger partial charge is 0.160 e. The van der Waals surface area contributed by atoms with Crippen molar-refractivity contribution < 1.29 is 0 Å². The fourth-order valence-corrected chi connectivity index (χ4v) is 5.60. The first-order valence-electron chi connectivity index (χ1n) is 13.3. The topological polar surface area (TPSA) is 46.5 Å². The van der Waals surface area contributed by atoms with Crippen molar-refractivity contribution in [3.05, 3.63) is 144 Å². The zero-order chi connectivity index (χ0) is 26.9. The maximum atomic E-state index is 6.08. The van der Waals surface area contributed by atoms with Crippen molar-refractivity contribution in [2.75, 3.05) is 4.90 Å². The van der Waals surface area contributed by atoms with Gasteiger partial charge in [-0.25, -0.2) is 0 Å². The van der Waals surface area contributed by atoms with Crippen LogP contribution < -0.4 is 10.7 Å². The van der Waals surface area contributed by atoms with E-state index >= 15 is 0 Å². The molecular weight excluding hydrogens is 476 g/mol. The van der Waals surface area contributed by atoms with Crippen LogP contribution in [-0.2, 0) is 0 Å². The van der Waals surface area contributed by atoms with E-state index in [1.54, 1.807) is 0 Å². The highest BCUT2D eigenvalue weighted by Gasteiger charge is 2.25. The van der Waals surface area contributed by atoms with Gasteiger partial charge in [-0.3, -0.25) is 0 Å². The summed E-state index contributed by atoms with van der Waals surface area (Å²) in [5, 5.41) is 6.84. The molecule has 6 aromatic rings. The number of hydrogen-bond acceptors (Lipinski definition) is 2. The second-order valence-corrected chi connectivity index (χ2v) is 10.1. The Morgan fingerprint density at radius 3 is 1.92 bits per heavy atom. The molecule has 0 bridgehead atoms. The van der Waals surface area contributed by atoms with Crippen molar-refractivity contribution in [2.24, 2.45) is 10.9 Å². The molecule has 0 aliphatic heterocycles. The number of aromatic nitrogens is 1. The van der Waals surface area contributed by atoms with Gasteiger partial charge < -0.3 is 15.3 Å². The first-order chi connectivity index (χ1) is 19.1. The molecule has 0 aliphatic rings. The van der Waals surface area contributed by atoms with Gasteiger partial charge in [0.1, 0.15) is 0 Å². The first kappa shape index (κ1) is 24.5. The summed E-state index contributed by atoms with van der Waals surface area (Å²) in [6.45, 7) is 6.47. The molecule has 0 spiro atoms. The Morgan fingerprint density at radius 1 is 0.718 bits per heavy atom. The van der Waals surface area contributed by atoms with Crippen LogP contribution in [0.3, 0.4) is 0 Å². The van der Waals surface area contributed by atoms with Crippen molar-refractivity contribution >= 4 is 33.3 Å². The Hall–Kier alpha value is -4.83. The summed E-state index contributed by atoms with van der Waals surface area (Å²) in [6.07, 6.45) is 0. The van der Waals surface area contributed by atoms with E-state index < -0.39 is 0 Å². The van der Waals surface area contributed by atoms with Gasteiger partial charge in [0.25, 0.3) is 0 Å². The Labute approximate surface area is 229 Å². The Bertz CT molecular complexity index is 1740. The van der Waals surface area contributed by atoms with Gasteiger partial charge in [-0.1, -0.05) is 91.0 Å². The van der Waals surface area contributed by atoms with E-state index in [1.165, 1.54) is 38.5 Å². The minimum Gasteiger partial charge on any atom is -0.321 e. The Balaban J connectivity index is 1.46. The molecule has 5 aromatic carbocycles. The number of hydrazone groups is 1. The van der Waals surface area contributed by atoms with Crippen LogP contribution in [0.15, 0.2) is 126 Å². The molecule has 1 heterocycles. The second kappa shape index (κ2) is 10.1. The summed E-state index contributed by atoms with van der Waals surface area (Å²) in [5.41, 5.74) is 9.17. The highest BCUT2D eigenvalue weighted by molar-refractivity contribution is 6.11. The van der Waals surface area contributed by atoms with E-state index in [-0.39, 0.29) is 6.04 Å². The minimum atomic E-state index is -0.0137. The maximum Gasteiger partial charge on any atom is 0.160 e. The van der Waals surface area contributed by atoms with Gasteiger partial charge in [0.05, 0.1) is 17.1 Å². The molecular formula is C35H32N4. The van der Waals surface area contributed by atoms with Gasteiger partial charge in [-0.2, -0.15) is 5.10 Å². The van der Waals surface area contributed by atoms with Crippen LogP contribution in [0.4, 0.5) is 5.69 Å². The lowest BCUT2D eigenvalue weighted by Gasteiger charge is -2.34. The van der Waals surface area contributed by atoms with Gasteiger partial charge in [0.2, 0.25) is 0 Å². The van der Waals surface area contributed by atoms with Crippen LogP contribution in [0.25, 0.3) is 27.5 Å². The quantitative estimate of drug-likeness (QED) is 0.110. The van der Waals surface area contributed by atoms with E-state index in [2.05, 4.69) is 138 Å². The molecule has 0 amide bonds. The Morgan fingerprint density at radius 2 is 1.31 bits per heavy atom. The zero-order valence-electron chi connectivity index (χ0n) is 22.5. The van der Waals surface area contributed by atoms with Crippen molar-refractivity contribution in [3.63, 3.8) is 0 Å². The molecule has 1 unspecified atom stereocenters. The van der Waals surface area contributed by atoms with E-state index in [4.69, 9.17) is 5.84 Å². The number of amidine groups is 1. The van der Waals surface area contributed by atoms with Gasteiger partial charge in [0, 0.05) is 27.7 Å². The molecule has 192 valence electrons. The summed E-state index contributed by atoms with van der Waals surface area (Å²) >= 11 is 0. The van der Waals surface area contributed by atoms with Gasteiger partial charge in [0.15, 0.2) is 5.84 Å². The Kier molecular flexibility index (Phi) is 6.37. The number of para-hydroxylation sites is 2. The SMILES string of the molecule is Cc1ccc(C)c(N(/C(=N\N)c2ccccc2)C(C)c2ccc(-n3c4ccccc4c4ccccc43)cc2)c1. The van der Waals surface area contributed by atoms with Crippen LogP contribution in [0.5, 0.6) is 0 Å². The van der Waals surface area contributed by atoms with Gasteiger partial charge in [-0.05, 0) is 67.8 Å². The molecule has 0 radical (unpaired) electrons. The number of aryl methyl sites for hydroxylation is 2. The van der Waals surface area contributed by atoms with Crippen LogP contribution in [0.2, 0.25) is 0 Å². The molecule has 0 aliphatic carbocycles. The number of hydrogen-bond donors (Lipinski definition) is 1. The fourth-order valence-electron chi connectivity index (χ4n) is 5.60. The molecule has 2 N–H and O–H groups in total.